The number of hydrogen-bond donors (Lipinski definition) is 3. The molecule has 2 heterocycles. The number of benzene rings is 1. The molecule has 4 N–H and O–H groups in total. The molecule has 0 saturated heterocycles. The van der Waals surface area contributed by atoms with Gasteiger partial charge in [0.15, 0.2) is 5.71 Å². The Morgan fingerprint density at radius 3 is 2.90 bits per heavy atom. The van der Waals surface area contributed by atoms with Crippen molar-refractivity contribution in [3.8, 4) is 0 Å². The molecular formula is C12H11N5O2S. The summed E-state index contributed by atoms with van der Waals surface area (Å²) in [6.45, 7) is 1.90. The Morgan fingerprint density at radius 2 is 2.20 bits per heavy atom. The lowest BCUT2D eigenvalue weighted by molar-refractivity contribution is -0.110. The molecule has 1 aromatic carbocycles. The minimum atomic E-state index is -0.319. The number of hydrogen-bond acceptors (Lipinski definition) is 6. The van der Waals surface area contributed by atoms with E-state index >= 15 is 0 Å². The molecule has 0 spiro atoms. The number of carbonyl (C=O) groups excluding carboxylic acids is 2. The molecule has 2 aliphatic rings. The molecular weight excluding hydrogens is 278 g/mol. The summed E-state index contributed by atoms with van der Waals surface area (Å²) in [4.78, 5) is 22.9. The molecule has 1 atom stereocenters. The third-order valence-electron chi connectivity index (χ3n) is 3.10. The van der Waals surface area contributed by atoms with Gasteiger partial charge in [-0.15, -0.1) is 0 Å². The predicted octanol–water partition coefficient (Wildman–Crippen LogP) is 0.851. The Labute approximate surface area is 118 Å². The highest BCUT2D eigenvalue weighted by Crippen LogP contribution is 2.27. The van der Waals surface area contributed by atoms with Crippen LogP contribution in [0.5, 0.6) is 0 Å². The van der Waals surface area contributed by atoms with Gasteiger partial charge < -0.3 is 11.2 Å². The second kappa shape index (κ2) is 4.64. The minimum Gasteiger partial charge on any atom is -0.322 e. The maximum atomic E-state index is 11.6. The fraction of sp³-hybridized carbons (Fsp3) is 0.167. The van der Waals surface area contributed by atoms with Crippen molar-refractivity contribution >= 4 is 40.0 Å². The van der Waals surface area contributed by atoms with Crippen LogP contribution in [0.25, 0.3) is 0 Å². The number of nitrogens with two attached hydrogens (primary N) is 1. The van der Waals surface area contributed by atoms with Gasteiger partial charge in [0.1, 0.15) is 0 Å². The maximum absolute atomic E-state index is 11.6. The molecule has 0 fully saturated rings. The Kier molecular flexibility index (Phi) is 2.94. The first kappa shape index (κ1) is 12.7. The number of fused-ring (bicyclic) bond motifs is 1. The maximum Gasteiger partial charge on any atom is 0.299 e. The number of anilines is 1. The van der Waals surface area contributed by atoms with Crippen molar-refractivity contribution < 1.29 is 9.59 Å². The van der Waals surface area contributed by atoms with Crippen molar-refractivity contribution in [3.63, 3.8) is 0 Å². The molecule has 1 unspecified atom stereocenters. The van der Waals surface area contributed by atoms with Gasteiger partial charge >= 0.3 is 0 Å². The van der Waals surface area contributed by atoms with Crippen LogP contribution in [0.15, 0.2) is 28.4 Å². The molecule has 0 bridgehead atoms. The fourth-order valence-electron chi connectivity index (χ4n) is 2.18. The topological polar surface area (TPSA) is 109 Å². The summed E-state index contributed by atoms with van der Waals surface area (Å²) in [5.74, 6) is 4.93. The fourth-order valence-corrected chi connectivity index (χ4v) is 2.90. The smallest absolute Gasteiger partial charge is 0.299 e. The van der Waals surface area contributed by atoms with Crippen LogP contribution in [-0.2, 0) is 4.79 Å². The third kappa shape index (κ3) is 1.94. The van der Waals surface area contributed by atoms with E-state index in [1.165, 1.54) is 11.8 Å². The first-order valence-electron chi connectivity index (χ1n) is 5.88. The third-order valence-corrected chi connectivity index (χ3v) is 3.98. The summed E-state index contributed by atoms with van der Waals surface area (Å²) in [5.41, 5.74) is 5.51. The molecule has 20 heavy (non-hydrogen) atoms. The molecule has 8 heteroatoms. The van der Waals surface area contributed by atoms with E-state index in [0.717, 1.165) is 11.3 Å². The van der Waals surface area contributed by atoms with Crippen LogP contribution >= 0.6 is 11.8 Å². The SMILES string of the molecule is CC1SC(=O)NN=C1c1ccc2c(c1)C(=NN)C(=O)N2. The van der Waals surface area contributed by atoms with Crippen LogP contribution in [0.2, 0.25) is 0 Å². The number of rotatable bonds is 1. The number of nitrogens with one attached hydrogen (secondary N) is 2. The minimum absolute atomic E-state index is 0.0647. The second-order valence-corrected chi connectivity index (χ2v) is 5.66. The molecule has 7 nitrogen and oxygen atoms in total. The van der Waals surface area contributed by atoms with Crippen LogP contribution in [0, 0.1) is 0 Å². The summed E-state index contributed by atoms with van der Waals surface area (Å²) in [7, 11) is 0. The molecule has 0 radical (unpaired) electrons. The zero-order valence-electron chi connectivity index (χ0n) is 10.5. The summed E-state index contributed by atoms with van der Waals surface area (Å²) >= 11 is 1.17. The summed E-state index contributed by atoms with van der Waals surface area (Å²) in [6.07, 6.45) is 0. The zero-order chi connectivity index (χ0) is 14.3. The van der Waals surface area contributed by atoms with Gasteiger partial charge in [-0.3, -0.25) is 9.59 Å². The van der Waals surface area contributed by atoms with Crippen molar-refractivity contribution in [3.05, 3.63) is 29.3 Å². The predicted molar refractivity (Wildman–Crippen MR) is 77.9 cm³/mol. The van der Waals surface area contributed by atoms with Gasteiger partial charge in [0, 0.05) is 5.56 Å². The van der Waals surface area contributed by atoms with Crippen LogP contribution in [0.3, 0.4) is 0 Å². The van der Waals surface area contributed by atoms with E-state index < -0.39 is 0 Å². The van der Waals surface area contributed by atoms with Gasteiger partial charge in [-0.25, -0.2) is 5.43 Å². The first-order chi connectivity index (χ1) is 9.60. The van der Waals surface area contributed by atoms with Crippen molar-refractivity contribution in [1.29, 1.82) is 0 Å². The highest BCUT2D eigenvalue weighted by atomic mass is 32.2. The van der Waals surface area contributed by atoms with Gasteiger partial charge in [0.2, 0.25) is 0 Å². The summed E-state index contributed by atoms with van der Waals surface area (Å²) in [5, 5.41) is 10.0. The number of nitrogens with zero attached hydrogens (tertiary/aromatic N) is 2. The number of hydrazone groups is 2. The van der Waals surface area contributed by atoms with E-state index in [1.807, 2.05) is 13.0 Å². The lowest BCUT2D eigenvalue weighted by atomic mass is 10.0. The Bertz CT molecular complexity index is 682. The van der Waals surface area contributed by atoms with Gasteiger partial charge in [-0.2, -0.15) is 10.2 Å². The number of amides is 2. The van der Waals surface area contributed by atoms with Crippen molar-refractivity contribution in [2.45, 2.75) is 12.2 Å². The largest absolute Gasteiger partial charge is 0.322 e. The molecule has 102 valence electrons. The monoisotopic (exact) mass is 289 g/mol. The van der Waals surface area contributed by atoms with Crippen LogP contribution in [0.4, 0.5) is 10.5 Å². The molecule has 2 amide bonds. The van der Waals surface area contributed by atoms with Gasteiger partial charge in [0.05, 0.1) is 16.6 Å². The number of thioether (sulfide) groups is 1. The van der Waals surface area contributed by atoms with Gasteiger partial charge in [-0.1, -0.05) is 17.8 Å². The Morgan fingerprint density at radius 1 is 1.40 bits per heavy atom. The number of carbonyl (C=O) groups is 2. The highest BCUT2D eigenvalue weighted by molar-refractivity contribution is 8.14. The molecule has 1 aromatic rings. The molecule has 0 saturated carbocycles. The summed E-state index contributed by atoms with van der Waals surface area (Å²) < 4.78 is 0. The van der Waals surface area contributed by atoms with Crippen LogP contribution in [-0.4, -0.2) is 27.8 Å². The highest BCUT2D eigenvalue weighted by Gasteiger charge is 2.28. The Balaban J connectivity index is 2.04. The molecule has 0 aromatic heterocycles. The van der Waals surface area contributed by atoms with Crippen LogP contribution < -0.4 is 16.6 Å². The normalized spacial score (nSPS) is 23.1. The van der Waals surface area contributed by atoms with Crippen molar-refractivity contribution in [2.24, 2.45) is 16.0 Å². The quantitative estimate of drug-likeness (QED) is 0.526. The van der Waals surface area contributed by atoms with Crippen molar-refractivity contribution in [1.82, 2.24) is 5.43 Å². The summed E-state index contributed by atoms with van der Waals surface area (Å²) in [6, 6.07) is 5.41. The van der Waals surface area contributed by atoms with E-state index in [2.05, 4.69) is 20.9 Å². The molecule has 0 aliphatic carbocycles. The van der Waals surface area contributed by atoms with Gasteiger partial charge in [0.25, 0.3) is 11.1 Å². The molecule has 2 aliphatic heterocycles. The van der Waals surface area contributed by atoms with Crippen molar-refractivity contribution in [2.75, 3.05) is 5.32 Å². The van der Waals surface area contributed by atoms with E-state index in [4.69, 9.17) is 5.84 Å². The second-order valence-electron chi connectivity index (χ2n) is 4.35. The van der Waals surface area contributed by atoms with E-state index in [0.29, 0.717) is 11.3 Å². The van der Waals surface area contributed by atoms with E-state index in [-0.39, 0.29) is 22.1 Å². The lowest BCUT2D eigenvalue weighted by Gasteiger charge is -2.18. The molecule has 3 rings (SSSR count). The average molecular weight is 289 g/mol. The van der Waals surface area contributed by atoms with Gasteiger partial charge in [-0.05, 0) is 24.6 Å². The van der Waals surface area contributed by atoms with Crippen LogP contribution in [0.1, 0.15) is 18.1 Å². The average Bonchev–Trinajstić information content (AvgIpc) is 2.73. The van der Waals surface area contributed by atoms with E-state index in [9.17, 15) is 9.59 Å². The Hall–Kier alpha value is -2.35. The zero-order valence-corrected chi connectivity index (χ0v) is 11.3. The first-order valence-corrected chi connectivity index (χ1v) is 6.76. The lowest BCUT2D eigenvalue weighted by Crippen LogP contribution is -2.29. The van der Waals surface area contributed by atoms with E-state index in [1.54, 1.807) is 12.1 Å². The standard InChI is InChI=1S/C12H11N5O2S/c1-5-9(16-17-12(19)20-5)6-2-3-8-7(4-6)10(15-13)11(18)14-8/h2-5H,13H2,1H3,(H,17,19)(H,14,15,18).